The maximum absolute atomic E-state index is 12.3. The fourth-order valence-corrected chi connectivity index (χ4v) is 4.36. The molecule has 35 heavy (non-hydrogen) atoms. The third-order valence-corrected chi connectivity index (χ3v) is 6.44. The van der Waals surface area contributed by atoms with Crippen molar-refractivity contribution in [3.8, 4) is 0 Å². The number of carbonyl (C=O) groups is 1. The van der Waals surface area contributed by atoms with Crippen molar-refractivity contribution in [3.05, 3.63) is 46.0 Å². The van der Waals surface area contributed by atoms with Gasteiger partial charge in [-0.25, -0.2) is 0 Å². The van der Waals surface area contributed by atoms with Gasteiger partial charge in [-0.2, -0.15) is 9.97 Å². The van der Waals surface area contributed by atoms with Gasteiger partial charge in [0, 0.05) is 76.1 Å². The molecule has 2 N–H and O–H groups in total. The zero-order valence-corrected chi connectivity index (χ0v) is 20.3. The zero-order valence-electron chi connectivity index (χ0n) is 20.3. The first-order chi connectivity index (χ1) is 17.0. The average molecular weight is 483 g/mol. The summed E-state index contributed by atoms with van der Waals surface area (Å²) in [5.74, 6) is 2.43. The lowest BCUT2D eigenvalue weighted by molar-refractivity contribution is -0.384. The minimum atomic E-state index is -0.480. The van der Waals surface area contributed by atoms with Gasteiger partial charge in [-0.1, -0.05) is 0 Å². The predicted molar refractivity (Wildman–Crippen MR) is 136 cm³/mol. The van der Waals surface area contributed by atoms with Crippen molar-refractivity contribution in [2.75, 3.05) is 74.5 Å². The van der Waals surface area contributed by atoms with Crippen LogP contribution in [0.15, 0.2) is 30.3 Å². The Kier molecular flexibility index (Phi) is 8.30. The van der Waals surface area contributed by atoms with Crippen LogP contribution < -0.4 is 20.4 Å². The highest BCUT2D eigenvalue weighted by atomic mass is 16.6. The van der Waals surface area contributed by atoms with Gasteiger partial charge in [0.2, 0.25) is 5.95 Å². The van der Waals surface area contributed by atoms with Crippen LogP contribution in [0.2, 0.25) is 0 Å². The van der Waals surface area contributed by atoms with Gasteiger partial charge in [0.25, 0.3) is 11.6 Å². The number of likely N-dealkylation sites (N-methyl/N-ethyl adjacent to an activating group) is 1. The molecule has 0 unspecified atom stereocenters. The lowest BCUT2D eigenvalue weighted by atomic mass is 10.2. The number of nitro groups is 1. The summed E-state index contributed by atoms with van der Waals surface area (Å²) in [4.78, 5) is 38.9. The van der Waals surface area contributed by atoms with Crippen LogP contribution in [0.1, 0.15) is 36.0 Å². The highest BCUT2D eigenvalue weighted by Crippen LogP contribution is 2.25. The number of carbonyl (C=O) groups excluding carboxylic acids is 1. The van der Waals surface area contributed by atoms with Gasteiger partial charge in [0.05, 0.1) is 4.92 Å². The van der Waals surface area contributed by atoms with E-state index in [0.717, 1.165) is 56.9 Å². The number of amides is 1. The SMILES string of the molecule is CN(CCNC(=O)c1ccc([N+](=O)[O-])cc1)CCNc1cc(N2CCCC2)nc(N2CCCC2)n1. The Hall–Kier alpha value is -3.47. The summed E-state index contributed by atoms with van der Waals surface area (Å²) in [7, 11) is 2.00. The van der Waals surface area contributed by atoms with E-state index in [2.05, 4.69) is 31.4 Å². The van der Waals surface area contributed by atoms with Crippen molar-refractivity contribution in [2.45, 2.75) is 25.7 Å². The second kappa shape index (κ2) is 11.8. The molecule has 188 valence electrons. The van der Waals surface area contributed by atoms with Crippen molar-refractivity contribution in [1.29, 1.82) is 0 Å². The monoisotopic (exact) mass is 482 g/mol. The van der Waals surface area contributed by atoms with Crippen molar-refractivity contribution >= 4 is 29.2 Å². The summed E-state index contributed by atoms with van der Waals surface area (Å²) in [6.45, 7) is 6.79. The maximum Gasteiger partial charge on any atom is 0.269 e. The Morgan fingerprint density at radius 1 is 1.00 bits per heavy atom. The molecule has 0 aliphatic carbocycles. The topological polar surface area (TPSA) is 120 Å². The second-order valence-corrected chi connectivity index (χ2v) is 9.09. The number of nitro benzene ring substituents is 1. The normalized spacial score (nSPS) is 15.6. The van der Waals surface area contributed by atoms with E-state index in [1.807, 2.05) is 7.05 Å². The van der Waals surface area contributed by atoms with E-state index >= 15 is 0 Å². The molecular weight excluding hydrogens is 448 g/mol. The van der Waals surface area contributed by atoms with Crippen LogP contribution >= 0.6 is 0 Å². The summed E-state index contributed by atoms with van der Waals surface area (Å²) in [5.41, 5.74) is 0.379. The Bertz CT molecular complexity index is 970. The smallest absolute Gasteiger partial charge is 0.269 e. The highest BCUT2D eigenvalue weighted by Gasteiger charge is 2.20. The molecule has 0 bridgehead atoms. The number of nitrogens with one attached hydrogen (secondary N) is 2. The molecule has 2 saturated heterocycles. The quantitative estimate of drug-likeness (QED) is 0.367. The first kappa shape index (κ1) is 24.6. The molecular formula is C24H34N8O3. The summed E-state index contributed by atoms with van der Waals surface area (Å²) in [6, 6.07) is 7.66. The fourth-order valence-electron chi connectivity index (χ4n) is 4.36. The first-order valence-electron chi connectivity index (χ1n) is 12.3. The fraction of sp³-hybridized carbons (Fsp3) is 0.542. The van der Waals surface area contributed by atoms with E-state index in [-0.39, 0.29) is 11.6 Å². The van der Waals surface area contributed by atoms with E-state index in [0.29, 0.717) is 18.7 Å². The van der Waals surface area contributed by atoms with Gasteiger partial charge in [0.1, 0.15) is 11.6 Å². The summed E-state index contributed by atoms with van der Waals surface area (Å²) in [5, 5.41) is 17.1. The molecule has 2 aliphatic rings. The van der Waals surface area contributed by atoms with Crippen LogP contribution in [0.25, 0.3) is 0 Å². The molecule has 1 aromatic heterocycles. The van der Waals surface area contributed by atoms with Crippen LogP contribution in [0.3, 0.4) is 0 Å². The molecule has 0 atom stereocenters. The molecule has 2 aliphatic heterocycles. The summed E-state index contributed by atoms with van der Waals surface area (Å²) < 4.78 is 0. The van der Waals surface area contributed by atoms with Gasteiger partial charge < -0.3 is 25.3 Å². The lowest BCUT2D eigenvalue weighted by Crippen LogP contribution is -2.35. The molecule has 0 spiro atoms. The number of hydrogen-bond acceptors (Lipinski definition) is 9. The van der Waals surface area contributed by atoms with Crippen molar-refractivity contribution < 1.29 is 9.72 Å². The first-order valence-corrected chi connectivity index (χ1v) is 12.3. The van der Waals surface area contributed by atoms with Gasteiger partial charge in [-0.15, -0.1) is 0 Å². The number of non-ortho nitro benzene ring substituents is 1. The molecule has 2 fully saturated rings. The molecule has 1 aromatic carbocycles. The van der Waals surface area contributed by atoms with Crippen LogP contribution in [-0.2, 0) is 0 Å². The number of aromatic nitrogens is 2. The Labute approximate surface area is 205 Å². The largest absolute Gasteiger partial charge is 0.369 e. The lowest BCUT2D eigenvalue weighted by Gasteiger charge is -2.22. The predicted octanol–water partition coefficient (Wildman–Crippen LogP) is 2.36. The van der Waals surface area contributed by atoms with Crippen molar-refractivity contribution in [3.63, 3.8) is 0 Å². The molecule has 2 aromatic rings. The molecule has 0 radical (unpaired) electrons. The number of benzene rings is 1. The van der Waals surface area contributed by atoms with E-state index in [4.69, 9.17) is 9.97 Å². The number of hydrogen-bond donors (Lipinski definition) is 2. The number of rotatable bonds is 11. The number of nitrogens with zero attached hydrogens (tertiary/aromatic N) is 6. The maximum atomic E-state index is 12.3. The van der Waals surface area contributed by atoms with Crippen LogP contribution in [0.5, 0.6) is 0 Å². The van der Waals surface area contributed by atoms with E-state index in [1.54, 1.807) is 0 Å². The number of anilines is 3. The van der Waals surface area contributed by atoms with Gasteiger partial charge >= 0.3 is 0 Å². The Balaban J connectivity index is 1.23. The van der Waals surface area contributed by atoms with Crippen LogP contribution in [0, 0.1) is 10.1 Å². The Morgan fingerprint density at radius 3 is 2.29 bits per heavy atom. The van der Waals surface area contributed by atoms with E-state index < -0.39 is 4.92 Å². The van der Waals surface area contributed by atoms with Gasteiger partial charge in [-0.3, -0.25) is 14.9 Å². The van der Waals surface area contributed by atoms with Crippen molar-refractivity contribution in [1.82, 2.24) is 20.2 Å². The molecule has 11 heteroatoms. The van der Waals surface area contributed by atoms with Gasteiger partial charge in [0.15, 0.2) is 0 Å². The molecule has 1 amide bonds. The average Bonchev–Trinajstić information content (AvgIpc) is 3.59. The van der Waals surface area contributed by atoms with Crippen LogP contribution in [0.4, 0.5) is 23.3 Å². The van der Waals surface area contributed by atoms with E-state index in [1.165, 1.54) is 49.9 Å². The van der Waals surface area contributed by atoms with Crippen molar-refractivity contribution in [2.24, 2.45) is 0 Å². The molecule has 3 heterocycles. The molecule has 4 rings (SSSR count). The van der Waals surface area contributed by atoms with Crippen LogP contribution in [-0.4, -0.2) is 85.1 Å². The third kappa shape index (κ3) is 6.78. The third-order valence-electron chi connectivity index (χ3n) is 6.44. The highest BCUT2D eigenvalue weighted by molar-refractivity contribution is 5.94. The minimum absolute atomic E-state index is 0.0300. The second-order valence-electron chi connectivity index (χ2n) is 9.09. The standard InChI is InChI=1S/C24H34N8O3/c1-29(17-11-26-23(33)19-6-8-20(9-7-19)32(34)35)16-10-25-21-18-22(30-12-2-3-13-30)28-24(27-21)31-14-4-5-15-31/h6-9,18H,2-5,10-17H2,1H3,(H,26,33)(H,25,27,28). The summed E-state index contributed by atoms with van der Waals surface area (Å²) >= 11 is 0. The zero-order chi connectivity index (χ0) is 24.6. The van der Waals surface area contributed by atoms with Gasteiger partial charge in [-0.05, 0) is 44.9 Å². The molecule has 11 nitrogen and oxygen atoms in total. The Morgan fingerprint density at radius 2 is 1.63 bits per heavy atom. The summed E-state index contributed by atoms with van der Waals surface area (Å²) in [6.07, 6.45) is 4.78. The molecule has 0 saturated carbocycles. The van der Waals surface area contributed by atoms with E-state index in [9.17, 15) is 14.9 Å². The minimum Gasteiger partial charge on any atom is -0.369 e.